The van der Waals surface area contributed by atoms with Gasteiger partial charge in [-0.15, -0.1) is 0 Å². The van der Waals surface area contributed by atoms with Gasteiger partial charge in [-0.3, -0.25) is 14.2 Å². The summed E-state index contributed by atoms with van der Waals surface area (Å²) in [6, 6.07) is 0. The Balaban J connectivity index is 4.13. The van der Waals surface area contributed by atoms with Crippen LogP contribution in [0.25, 0.3) is 0 Å². The Morgan fingerprint density at radius 2 is 0.770 bits per heavy atom. The minimum atomic E-state index is -4.64. The van der Waals surface area contributed by atoms with E-state index < -0.39 is 26.5 Å². The van der Waals surface area contributed by atoms with Crippen LogP contribution in [-0.4, -0.2) is 70.0 Å². The van der Waals surface area contributed by atoms with E-state index in [4.69, 9.17) is 18.5 Å². The third-order valence-electron chi connectivity index (χ3n) is 12.9. The zero-order valence-electron chi connectivity index (χ0n) is 48.5. The lowest BCUT2D eigenvalue weighted by atomic mass is 10.0. The summed E-state index contributed by atoms with van der Waals surface area (Å²) in [5.41, 5.74) is 0. The van der Waals surface area contributed by atoms with Crippen molar-refractivity contribution in [3.63, 3.8) is 0 Å². The Labute approximate surface area is 456 Å². The van der Waals surface area contributed by atoms with Crippen LogP contribution >= 0.6 is 7.82 Å². The summed E-state index contributed by atoms with van der Waals surface area (Å²) in [5.74, 6) is -0.835. The Kier molecular flexibility index (Phi) is 52.9. The van der Waals surface area contributed by atoms with Gasteiger partial charge >= 0.3 is 11.9 Å². The number of likely N-dealkylation sites (N-methyl/N-ethyl adjacent to an activating group) is 1. The van der Waals surface area contributed by atoms with Crippen LogP contribution in [0, 0.1) is 0 Å². The van der Waals surface area contributed by atoms with Gasteiger partial charge in [-0.1, -0.05) is 240 Å². The van der Waals surface area contributed by atoms with Gasteiger partial charge in [-0.05, 0) is 89.9 Å². The van der Waals surface area contributed by atoms with Crippen LogP contribution in [0.5, 0.6) is 0 Å². The Bertz CT molecular complexity index is 1520. The normalized spacial score (nSPS) is 13.9. The minimum Gasteiger partial charge on any atom is -0.756 e. The third kappa shape index (κ3) is 58.5. The molecule has 0 aliphatic rings. The molecule has 0 aromatic rings. The molecule has 74 heavy (non-hydrogen) atoms. The maximum Gasteiger partial charge on any atom is 0.306 e. The van der Waals surface area contributed by atoms with Crippen LogP contribution in [0.1, 0.15) is 258 Å². The Morgan fingerprint density at radius 3 is 1.16 bits per heavy atom. The quantitative estimate of drug-likeness (QED) is 0.0195. The zero-order chi connectivity index (χ0) is 54.2. The van der Waals surface area contributed by atoms with Crippen LogP contribution in [-0.2, 0) is 32.7 Å². The average Bonchev–Trinajstić information content (AvgIpc) is 3.36. The van der Waals surface area contributed by atoms with E-state index in [-0.39, 0.29) is 32.0 Å². The molecule has 0 aromatic heterocycles. The molecule has 0 aliphatic carbocycles. The number of carbonyl (C=O) groups excluding carboxylic acids is 2. The number of hydrogen-bond donors (Lipinski definition) is 0. The van der Waals surface area contributed by atoms with Gasteiger partial charge in [0.1, 0.15) is 19.8 Å². The van der Waals surface area contributed by atoms with Crippen molar-refractivity contribution in [2.45, 2.75) is 264 Å². The highest BCUT2D eigenvalue weighted by Crippen LogP contribution is 2.38. The maximum absolute atomic E-state index is 12.8. The van der Waals surface area contributed by atoms with Crippen molar-refractivity contribution >= 4 is 19.8 Å². The van der Waals surface area contributed by atoms with Crippen LogP contribution in [0.3, 0.4) is 0 Å². The molecule has 0 aliphatic heterocycles. The Morgan fingerprint density at radius 1 is 0.432 bits per heavy atom. The van der Waals surface area contributed by atoms with E-state index >= 15 is 0 Å². The molecule has 0 radical (unpaired) electrons. The summed E-state index contributed by atoms with van der Waals surface area (Å²) in [7, 11) is 1.16. The van der Waals surface area contributed by atoms with Gasteiger partial charge in [0.15, 0.2) is 6.10 Å². The lowest BCUT2D eigenvalue weighted by Crippen LogP contribution is -2.37. The number of phosphoric acid groups is 1. The first-order chi connectivity index (χ1) is 36.0. The smallest absolute Gasteiger partial charge is 0.306 e. The second-order valence-electron chi connectivity index (χ2n) is 21.3. The van der Waals surface area contributed by atoms with Crippen molar-refractivity contribution in [1.29, 1.82) is 0 Å². The summed E-state index contributed by atoms with van der Waals surface area (Å²) in [5, 5.41) is 0. The number of unbranched alkanes of at least 4 members (excludes halogenated alkanes) is 27. The number of esters is 2. The molecule has 9 nitrogen and oxygen atoms in total. The van der Waals surface area contributed by atoms with E-state index in [0.29, 0.717) is 17.4 Å². The summed E-state index contributed by atoms with van der Waals surface area (Å²) >= 11 is 0. The fourth-order valence-electron chi connectivity index (χ4n) is 8.24. The Hall–Kier alpha value is -2.81. The van der Waals surface area contributed by atoms with Crippen molar-refractivity contribution in [1.82, 2.24) is 0 Å². The molecule has 2 atom stereocenters. The third-order valence-corrected chi connectivity index (χ3v) is 13.9. The molecular weight excluding hydrogens is 942 g/mol. The maximum atomic E-state index is 12.8. The van der Waals surface area contributed by atoms with Gasteiger partial charge in [-0.2, -0.15) is 0 Å². The molecule has 0 aromatic carbocycles. The van der Waals surface area contributed by atoms with Gasteiger partial charge in [0.2, 0.25) is 0 Å². The summed E-state index contributed by atoms with van der Waals surface area (Å²) in [6.07, 6.45) is 73.4. The first-order valence-electron chi connectivity index (χ1n) is 30.3. The van der Waals surface area contributed by atoms with E-state index in [0.717, 1.165) is 77.0 Å². The van der Waals surface area contributed by atoms with Crippen molar-refractivity contribution in [2.24, 2.45) is 0 Å². The summed E-state index contributed by atoms with van der Waals surface area (Å²) in [4.78, 5) is 37.9. The van der Waals surface area contributed by atoms with E-state index in [9.17, 15) is 19.0 Å². The van der Waals surface area contributed by atoms with E-state index in [1.165, 1.54) is 148 Å². The molecular formula is C64H114NO8P. The highest BCUT2D eigenvalue weighted by atomic mass is 31.2. The number of carbonyl (C=O) groups is 2. The zero-order valence-corrected chi connectivity index (χ0v) is 49.4. The monoisotopic (exact) mass is 1060 g/mol. The SMILES string of the molecule is CC/C=C\C/C=C\C/C=C\C/C=C\C/C=C\C/C=C\CCCCCCCCCCCCCCC(=O)OC(COC(=O)CCCCCCCCCCC/C=C\CCCCCCCC)COP(=O)([O-])OCC[N+](C)(C)C. The number of rotatable bonds is 55. The van der Waals surface area contributed by atoms with Crippen LogP contribution in [0.15, 0.2) is 85.1 Å². The standard InChI is InChI=1S/C64H114NO8P/c1-6-8-10-12-14-16-18-20-22-24-26-27-28-29-30-31-32-33-34-35-36-37-39-41-43-45-47-49-51-53-55-57-64(67)73-62(61-72-74(68,69)71-59-58-65(3,4)5)60-70-63(66)56-54-52-50-48-46-44-42-40-38-25-23-21-19-17-15-13-11-9-7-2/h8,10,14,16,20-23,26-27,29-30,32-33,62H,6-7,9,11-13,15,17-19,24-25,28,31,34-61H2,1-5H3/b10-8-,16-14-,22-20-,23-21-,27-26-,30-29-,33-32-. The van der Waals surface area contributed by atoms with Crippen LogP contribution in [0.4, 0.5) is 0 Å². The van der Waals surface area contributed by atoms with E-state index in [1.54, 1.807) is 0 Å². The lowest BCUT2D eigenvalue weighted by molar-refractivity contribution is -0.870. The molecule has 0 saturated heterocycles. The molecule has 0 saturated carbocycles. The molecule has 0 rings (SSSR count). The predicted octanol–water partition coefficient (Wildman–Crippen LogP) is 18.4. The molecule has 0 N–H and O–H groups in total. The first kappa shape index (κ1) is 71.2. The topological polar surface area (TPSA) is 111 Å². The predicted molar refractivity (Wildman–Crippen MR) is 314 cm³/mol. The average molecular weight is 1060 g/mol. The molecule has 0 spiro atoms. The van der Waals surface area contributed by atoms with Gasteiger partial charge in [0, 0.05) is 12.8 Å². The highest BCUT2D eigenvalue weighted by Gasteiger charge is 2.22. The van der Waals surface area contributed by atoms with Gasteiger partial charge in [0.25, 0.3) is 7.82 Å². The molecule has 0 bridgehead atoms. The van der Waals surface area contributed by atoms with E-state index in [1.807, 2.05) is 21.1 Å². The van der Waals surface area contributed by atoms with Crippen LogP contribution in [0.2, 0.25) is 0 Å². The number of allylic oxidation sites excluding steroid dienone is 14. The first-order valence-corrected chi connectivity index (χ1v) is 31.8. The second-order valence-corrected chi connectivity index (χ2v) is 22.7. The molecule has 0 fully saturated rings. The van der Waals surface area contributed by atoms with Gasteiger partial charge in [0.05, 0.1) is 27.7 Å². The molecule has 428 valence electrons. The molecule has 0 heterocycles. The van der Waals surface area contributed by atoms with Crippen molar-refractivity contribution in [3.8, 4) is 0 Å². The number of quaternary nitrogens is 1. The largest absolute Gasteiger partial charge is 0.756 e. The van der Waals surface area contributed by atoms with Gasteiger partial charge < -0.3 is 27.9 Å². The number of nitrogens with zero attached hydrogens (tertiary/aromatic N) is 1. The number of phosphoric ester groups is 1. The van der Waals surface area contributed by atoms with Crippen molar-refractivity contribution < 1.29 is 42.1 Å². The molecule has 2 unspecified atom stereocenters. The van der Waals surface area contributed by atoms with Crippen molar-refractivity contribution in [3.05, 3.63) is 85.1 Å². The van der Waals surface area contributed by atoms with E-state index in [2.05, 4.69) is 98.9 Å². The summed E-state index contributed by atoms with van der Waals surface area (Å²) < 4.78 is 34.2. The lowest BCUT2D eigenvalue weighted by Gasteiger charge is -2.28. The van der Waals surface area contributed by atoms with Crippen LogP contribution < -0.4 is 4.89 Å². The second kappa shape index (κ2) is 55.0. The fraction of sp³-hybridized carbons (Fsp3) is 0.750. The number of hydrogen-bond acceptors (Lipinski definition) is 8. The molecule has 10 heteroatoms. The number of ether oxygens (including phenoxy) is 2. The van der Waals surface area contributed by atoms with Gasteiger partial charge in [-0.25, -0.2) is 0 Å². The fourth-order valence-corrected chi connectivity index (χ4v) is 8.97. The highest BCUT2D eigenvalue weighted by molar-refractivity contribution is 7.45. The van der Waals surface area contributed by atoms with Crippen molar-refractivity contribution in [2.75, 3.05) is 47.5 Å². The summed E-state index contributed by atoms with van der Waals surface area (Å²) in [6.45, 7) is 4.13. The molecule has 0 amide bonds. The minimum absolute atomic E-state index is 0.0339.